The highest BCUT2D eigenvalue weighted by molar-refractivity contribution is 5.96. The zero-order valence-electron chi connectivity index (χ0n) is 12.6. The third-order valence-electron chi connectivity index (χ3n) is 3.93. The number of aromatic nitrogens is 1. The van der Waals surface area contributed by atoms with E-state index in [0.717, 1.165) is 23.7 Å². The van der Waals surface area contributed by atoms with Crippen LogP contribution in [0.1, 0.15) is 12.8 Å². The zero-order valence-corrected chi connectivity index (χ0v) is 14.2. The molecule has 1 amide bonds. The third-order valence-corrected chi connectivity index (χ3v) is 3.93. The van der Waals surface area contributed by atoms with Crippen LogP contribution in [0.4, 0.5) is 5.69 Å². The smallest absolute Gasteiger partial charge is 0.241 e. The molecule has 1 aromatic carbocycles. The molecule has 1 saturated heterocycles. The quantitative estimate of drug-likeness (QED) is 0.885. The summed E-state index contributed by atoms with van der Waals surface area (Å²) < 4.78 is 5.30. The maximum Gasteiger partial charge on any atom is 0.241 e. The van der Waals surface area contributed by atoms with Crippen LogP contribution in [0.5, 0.6) is 0 Å². The highest BCUT2D eigenvalue weighted by atomic mass is 35.5. The largest absolute Gasteiger partial charge is 0.381 e. The van der Waals surface area contributed by atoms with Gasteiger partial charge in [-0.05, 0) is 30.9 Å². The zero-order chi connectivity index (χ0) is 14.7. The van der Waals surface area contributed by atoms with Crippen LogP contribution < -0.4 is 11.1 Å². The molecule has 1 unspecified atom stereocenters. The van der Waals surface area contributed by atoms with E-state index in [2.05, 4.69) is 10.3 Å². The first-order valence-corrected chi connectivity index (χ1v) is 7.23. The van der Waals surface area contributed by atoms with Gasteiger partial charge in [-0.2, -0.15) is 0 Å². The van der Waals surface area contributed by atoms with E-state index in [4.69, 9.17) is 10.5 Å². The number of hydrogen-bond acceptors (Lipinski definition) is 4. The molecular weight excluding hydrogens is 337 g/mol. The average molecular weight is 358 g/mol. The van der Waals surface area contributed by atoms with Crippen molar-refractivity contribution in [3.63, 3.8) is 0 Å². The molecule has 1 aromatic heterocycles. The number of rotatable bonds is 3. The van der Waals surface area contributed by atoms with E-state index in [0.29, 0.717) is 18.9 Å². The number of amides is 1. The Morgan fingerprint density at radius 3 is 2.70 bits per heavy atom. The molecule has 5 nitrogen and oxygen atoms in total. The Morgan fingerprint density at radius 2 is 1.96 bits per heavy atom. The Hall–Kier alpha value is -1.40. The second-order valence-corrected chi connectivity index (χ2v) is 5.38. The lowest BCUT2D eigenvalue weighted by molar-refractivity contribution is -0.119. The molecule has 0 saturated carbocycles. The highest BCUT2D eigenvalue weighted by Gasteiger charge is 2.26. The molecule has 3 rings (SSSR count). The van der Waals surface area contributed by atoms with E-state index >= 15 is 0 Å². The standard InChI is InChI=1S/C16H19N3O2.2ClH/c17-15(11-5-7-21-8-6-11)16(20)19-13-9-12-3-1-2-4-14(12)18-10-13;;/h1-4,9-11,15H,5-8,17H2,(H,19,20);2*1H. The van der Waals surface area contributed by atoms with Gasteiger partial charge in [0.25, 0.3) is 0 Å². The second kappa shape index (κ2) is 9.03. The van der Waals surface area contributed by atoms with E-state index in [1.807, 2.05) is 30.3 Å². The summed E-state index contributed by atoms with van der Waals surface area (Å²) >= 11 is 0. The third kappa shape index (κ3) is 4.78. The molecule has 1 atom stereocenters. The van der Waals surface area contributed by atoms with Crippen molar-refractivity contribution < 1.29 is 9.53 Å². The van der Waals surface area contributed by atoms with Crippen molar-refractivity contribution >= 4 is 47.3 Å². The Balaban J connectivity index is 0.00000132. The highest BCUT2D eigenvalue weighted by Crippen LogP contribution is 2.20. The number of carbonyl (C=O) groups excluding carboxylic acids is 1. The molecule has 3 N–H and O–H groups in total. The number of fused-ring (bicyclic) bond motifs is 1. The van der Waals surface area contributed by atoms with Crippen LogP contribution in [0.3, 0.4) is 0 Å². The molecule has 7 heteroatoms. The van der Waals surface area contributed by atoms with Gasteiger partial charge in [0.15, 0.2) is 0 Å². The maximum absolute atomic E-state index is 12.2. The molecule has 2 heterocycles. The van der Waals surface area contributed by atoms with E-state index in [1.165, 1.54) is 0 Å². The van der Waals surface area contributed by atoms with Gasteiger partial charge in [0.05, 0.1) is 23.4 Å². The van der Waals surface area contributed by atoms with Crippen LogP contribution >= 0.6 is 24.8 Å². The molecule has 1 fully saturated rings. The lowest BCUT2D eigenvalue weighted by atomic mass is 9.92. The van der Waals surface area contributed by atoms with Crippen LogP contribution in [-0.2, 0) is 9.53 Å². The minimum atomic E-state index is -0.500. The molecule has 23 heavy (non-hydrogen) atoms. The first kappa shape index (κ1) is 19.6. The van der Waals surface area contributed by atoms with Gasteiger partial charge < -0.3 is 15.8 Å². The summed E-state index contributed by atoms with van der Waals surface area (Å²) in [6, 6.07) is 9.21. The van der Waals surface area contributed by atoms with Gasteiger partial charge in [-0.3, -0.25) is 9.78 Å². The van der Waals surface area contributed by atoms with Gasteiger partial charge in [0.2, 0.25) is 5.91 Å². The van der Waals surface area contributed by atoms with Gasteiger partial charge in [-0.1, -0.05) is 18.2 Å². The van der Waals surface area contributed by atoms with Crippen LogP contribution in [-0.4, -0.2) is 30.1 Å². The Morgan fingerprint density at radius 1 is 1.26 bits per heavy atom. The topological polar surface area (TPSA) is 77.2 Å². The molecular formula is C16H21Cl2N3O2. The number of ether oxygens (including phenoxy) is 1. The molecule has 2 aromatic rings. The number of halogens is 2. The minimum Gasteiger partial charge on any atom is -0.381 e. The van der Waals surface area contributed by atoms with Gasteiger partial charge in [0.1, 0.15) is 0 Å². The van der Waals surface area contributed by atoms with Crippen LogP contribution in [0.2, 0.25) is 0 Å². The average Bonchev–Trinajstić information content (AvgIpc) is 2.55. The summed E-state index contributed by atoms with van der Waals surface area (Å²) in [6.07, 6.45) is 3.34. The fourth-order valence-electron chi connectivity index (χ4n) is 2.65. The molecule has 0 radical (unpaired) electrons. The van der Waals surface area contributed by atoms with Gasteiger partial charge in [0, 0.05) is 18.6 Å². The maximum atomic E-state index is 12.2. The van der Waals surface area contributed by atoms with Crippen LogP contribution in [0, 0.1) is 5.92 Å². The van der Waals surface area contributed by atoms with Crippen molar-refractivity contribution in [1.29, 1.82) is 0 Å². The number of carbonyl (C=O) groups is 1. The lowest BCUT2D eigenvalue weighted by Crippen LogP contribution is -2.44. The van der Waals surface area contributed by atoms with Crippen molar-refractivity contribution in [3.8, 4) is 0 Å². The molecule has 126 valence electrons. The van der Waals surface area contributed by atoms with E-state index in [9.17, 15) is 4.79 Å². The molecule has 1 aliphatic rings. The number of nitrogens with zero attached hydrogens (tertiary/aromatic N) is 1. The van der Waals surface area contributed by atoms with Gasteiger partial charge in [-0.15, -0.1) is 24.8 Å². The second-order valence-electron chi connectivity index (χ2n) is 5.38. The summed E-state index contributed by atoms with van der Waals surface area (Å²) in [6.45, 7) is 1.37. The van der Waals surface area contributed by atoms with E-state index < -0.39 is 6.04 Å². The van der Waals surface area contributed by atoms with E-state index in [-0.39, 0.29) is 36.6 Å². The summed E-state index contributed by atoms with van der Waals surface area (Å²) in [5.74, 6) is 0.0335. The van der Waals surface area contributed by atoms with Crippen LogP contribution in [0.15, 0.2) is 36.5 Å². The first-order chi connectivity index (χ1) is 10.2. The first-order valence-electron chi connectivity index (χ1n) is 7.23. The van der Waals surface area contributed by atoms with Gasteiger partial charge in [-0.25, -0.2) is 0 Å². The minimum absolute atomic E-state index is 0. The number of pyridine rings is 1. The predicted molar refractivity (Wildman–Crippen MR) is 96.4 cm³/mol. The van der Waals surface area contributed by atoms with Crippen molar-refractivity contribution in [2.24, 2.45) is 11.7 Å². The monoisotopic (exact) mass is 357 g/mol. The summed E-state index contributed by atoms with van der Waals surface area (Å²) in [4.78, 5) is 16.6. The van der Waals surface area contributed by atoms with E-state index in [1.54, 1.807) is 6.20 Å². The molecule has 0 spiro atoms. The number of hydrogen-bond donors (Lipinski definition) is 2. The summed E-state index contributed by atoms with van der Waals surface area (Å²) in [5, 5.41) is 3.86. The predicted octanol–water partition coefficient (Wildman–Crippen LogP) is 2.77. The molecule has 0 aliphatic carbocycles. The van der Waals surface area contributed by atoms with Crippen molar-refractivity contribution in [1.82, 2.24) is 4.98 Å². The van der Waals surface area contributed by atoms with Crippen molar-refractivity contribution in [2.75, 3.05) is 18.5 Å². The van der Waals surface area contributed by atoms with Gasteiger partial charge >= 0.3 is 0 Å². The fraction of sp³-hybridized carbons (Fsp3) is 0.375. The Kier molecular flexibility index (Phi) is 7.72. The number of nitrogens with two attached hydrogens (primary N) is 1. The molecule has 1 aliphatic heterocycles. The van der Waals surface area contributed by atoms with Crippen LogP contribution in [0.25, 0.3) is 10.9 Å². The number of benzene rings is 1. The Labute approximate surface area is 147 Å². The number of anilines is 1. The number of para-hydroxylation sites is 1. The SMILES string of the molecule is Cl.Cl.NC(C(=O)Nc1cnc2ccccc2c1)C1CCOCC1. The summed E-state index contributed by atoms with van der Waals surface area (Å²) in [5.41, 5.74) is 7.65. The number of nitrogens with one attached hydrogen (secondary N) is 1. The fourth-order valence-corrected chi connectivity index (χ4v) is 2.65. The summed E-state index contributed by atoms with van der Waals surface area (Å²) in [7, 11) is 0. The van der Waals surface area contributed by atoms with Crippen molar-refractivity contribution in [3.05, 3.63) is 36.5 Å². The molecule has 0 bridgehead atoms. The van der Waals surface area contributed by atoms with Crippen molar-refractivity contribution in [2.45, 2.75) is 18.9 Å². The normalized spacial score (nSPS) is 16.0. The Bertz CT molecular complexity index is 648. The lowest BCUT2D eigenvalue weighted by Gasteiger charge is -2.26.